The summed E-state index contributed by atoms with van der Waals surface area (Å²) >= 11 is 2.58. The SMILES string of the molecule is Cc1ccc(Sc2nsc(NC(=O)NC3CCC(C(=O)O)CC3)n2)cc1. The zero-order chi connectivity index (χ0) is 18.5. The van der Waals surface area contributed by atoms with E-state index < -0.39 is 5.97 Å². The number of aliphatic carboxylic acids is 1. The highest BCUT2D eigenvalue weighted by Crippen LogP contribution is 2.28. The lowest BCUT2D eigenvalue weighted by molar-refractivity contribution is -0.142. The molecule has 0 saturated heterocycles. The normalized spacial score (nSPS) is 19.7. The van der Waals surface area contributed by atoms with E-state index in [0.717, 1.165) is 16.4 Å². The predicted octanol–water partition coefficient (Wildman–Crippen LogP) is 3.76. The van der Waals surface area contributed by atoms with Gasteiger partial charge in [-0.05, 0) is 56.5 Å². The summed E-state index contributed by atoms with van der Waals surface area (Å²) in [5, 5.41) is 15.6. The molecule has 0 unspecified atom stereocenters. The number of aryl methyl sites for hydroxylation is 1. The number of rotatable bonds is 5. The minimum atomic E-state index is -0.750. The maximum Gasteiger partial charge on any atom is 0.321 e. The molecule has 1 saturated carbocycles. The van der Waals surface area contributed by atoms with Crippen LogP contribution >= 0.6 is 23.3 Å². The first-order chi connectivity index (χ1) is 12.5. The molecule has 138 valence electrons. The van der Waals surface area contributed by atoms with Crippen molar-refractivity contribution < 1.29 is 14.7 Å². The van der Waals surface area contributed by atoms with Gasteiger partial charge in [-0.25, -0.2) is 4.79 Å². The van der Waals surface area contributed by atoms with Crippen LogP contribution in [0.4, 0.5) is 9.93 Å². The molecule has 7 nitrogen and oxygen atoms in total. The van der Waals surface area contributed by atoms with Gasteiger partial charge in [-0.3, -0.25) is 10.1 Å². The molecule has 1 aromatic heterocycles. The summed E-state index contributed by atoms with van der Waals surface area (Å²) in [6.45, 7) is 2.03. The molecular formula is C17H20N4O3S2. The fourth-order valence-corrected chi connectivity index (χ4v) is 4.23. The lowest BCUT2D eigenvalue weighted by Crippen LogP contribution is -2.40. The Hall–Kier alpha value is -2.13. The standard InChI is InChI=1S/C17H20N4O3S2/c1-10-2-8-13(9-3-10)25-17-20-16(26-21-17)19-15(24)18-12-6-4-11(5-7-12)14(22)23/h2-3,8-9,11-12H,4-7H2,1H3,(H,22,23)(H2,18,19,20,21,24). The van der Waals surface area contributed by atoms with E-state index in [1.807, 2.05) is 31.2 Å². The lowest BCUT2D eigenvalue weighted by Gasteiger charge is -2.26. The molecule has 0 bridgehead atoms. The molecule has 26 heavy (non-hydrogen) atoms. The number of carbonyl (C=O) groups is 2. The number of aromatic nitrogens is 2. The van der Waals surface area contributed by atoms with E-state index in [0.29, 0.717) is 36.0 Å². The van der Waals surface area contributed by atoms with Gasteiger partial charge in [-0.1, -0.05) is 17.7 Å². The number of nitrogens with zero attached hydrogens (tertiary/aromatic N) is 2. The van der Waals surface area contributed by atoms with Gasteiger partial charge in [0.25, 0.3) is 0 Å². The zero-order valence-electron chi connectivity index (χ0n) is 14.3. The van der Waals surface area contributed by atoms with Crippen LogP contribution in [-0.4, -0.2) is 32.5 Å². The summed E-state index contributed by atoms with van der Waals surface area (Å²) in [7, 11) is 0. The Bertz CT molecular complexity index is 771. The van der Waals surface area contributed by atoms with E-state index in [9.17, 15) is 9.59 Å². The average Bonchev–Trinajstić information content (AvgIpc) is 3.04. The number of nitrogens with one attached hydrogen (secondary N) is 2. The summed E-state index contributed by atoms with van der Waals surface area (Å²) in [4.78, 5) is 28.4. The molecule has 1 aromatic carbocycles. The highest BCUT2D eigenvalue weighted by Gasteiger charge is 2.26. The zero-order valence-corrected chi connectivity index (χ0v) is 15.9. The third-order valence-corrected chi connectivity index (χ3v) is 5.89. The fourth-order valence-electron chi connectivity index (χ4n) is 2.82. The van der Waals surface area contributed by atoms with Crippen molar-refractivity contribution in [1.29, 1.82) is 0 Å². The molecule has 3 rings (SSSR count). The number of carbonyl (C=O) groups excluding carboxylic acids is 1. The van der Waals surface area contributed by atoms with Gasteiger partial charge in [0.05, 0.1) is 5.92 Å². The smallest absolute Gasteiger partial charge is 0.321 e. The Morgan fingerprint density at radius 3 is 2.54 bits per heavy atom. The Morgan fingerprint density at radius 1 is 1.19 bits per heavy atom. The molecule has 1 fully saturated rings. The van der Waals surface area contributed by atoms with Crippen molar-refractivity contribution in [3.63, 3.8) is 0 Å². The first-order valence-electron chi connectivity index (χ1n) is 8.38. The predicted molar refractivity (Wildman–Crippen MR) is 101 cm³/mol. The molecule has 2 amide bonds. The number of carboxylic acid groups (broad SMARTS) is 1. The van der Waals surface area contributed by atoms with E-state index >= 15 is 0 Å². The van der Waals surface area contributed by atoms with Crippen molar-refractivity contribution in [2.75, 3.05) is 5.32 Å². The number of amides is 2. The largest absolute Gasteiger partial charge is 0.481 e. The first-order valence-corrected chi connectivity index (χ1v) is 9.97. The molecule has 0 radical (unpaired) electrons. The Labute approximate surface area is 159 Å². The van der Waals surface area contributed by atoms with Crippen LogP contribution in [0.5, 0.6) is 0 Å². The van der Waals surface area contributed by atoms with Crippen LogP contribution in [0.3, 0.4) is 0 Å². The summed E-state index contributed by atoms with van der Waals surface area (Å²) in [5.41, 5.74) is 1.19. The van der Waals surface area contributed by atoms with Crippen LogP contribution in [0.25, 0.3) is 0 Å². The molecule has 1 aliphatic rings. The Kier molecular flexibility index (Phi) is 6.10. The molecule has 2 aromatic rings. The van der Waals surface area contributed by atoms with Crippen LogP contribution < -0.4 is 10.6 Å². The molecule has 0 atom stereocenters. The van der Waals surface area contributed by atoms with Gasteiger partial charge in [0, 0.05) is 22.5 Å². The molecule has 0 aliphatic heterocycles. The summed E-state index contributed by atoms with van der Waals surface area (Å²) in [5.74, 6) is -1.04. The second-order valence-corrected chi connectivity index (χ2v) is 8.07. The number of hydrogen-bond donors (Lipinski definition) is 3. The Balaban J connectivity index is 1.47. The summed E-state index contributed by atoms with van der Waals surface area (Å²) < 4.78 is 4.25. The van der Waals surface area contributed by atoms with Gasteiger partial charge in [-0.15, -0.1) is 0 Å². The van der Waals surface area contributed by atoms with Crippen molar-refractivity contribution in [2.24, 2.45) is 5.92 Å². The molecule has 1 aliphatic carbocycles. The van der Waals surface area contributed by atoms with Crippen molar-refractivity contribution in [3.05, 3.63) is 29.8 Å². The van der Waals surface area contributed by atoms with Crippen LogP contribution in [0.1, 0.15) is 31.2 Å². The highest BCUT2D eigenvalue weighted by atomic mass is 32.2. The number of benzene rings is 1. The number of anilines is 1. The number of carboxylic acids is 1. The van der Waals surface area contributed by atoms with E-state index in [4.69, 9.17) is 5.11 Å². The van der Waals surface area contributed by atoms with Gasteiger partial charge in [0.15, 0.2) is 0 Å². The highest BCUT2D eigenvalue weighted by molar-refractivity contribution is 7.99. The van der Waals surface area contributed by atoms with Crippen LogP contribution in [-0.2, 0) is 4.79 Å². The maximum atomic E-state index is 12.1. The van der Waals surface area contributed by atoms with Crippen molar-refractivity contribution in [1.82, 2.24) is 14.7 Å². The Morgan fingerprint density at radius 2 is 1.88 bits per heavy atom. The van der Waals surface area contributed by atoms with E-state index in [1.54, 1.807) is 0 Å². The number of hydrogen-bond acceptors (Lipinski definition) is 6. The molecule has 0 spiro atoms. The lowest BCUT2D eigenvalue weighted by atomic mass is 9.86. The van der Waals surface area contributed by atoms with Gasteiger partial charge in [0.1, 0.15) is 0 Å². The van der Waals surface area contributed by atoms with Crippen LogP contribution in [0.2, 0.25) is 0 Å². The topological polar surface area (TPSA) is 104 Å². The van der Waals surface area contributed by atoms with Crippen molar-refractivity contribution >= 4 is 40.4 Å². The first kappa shape index (κ1) is 18.7. The van der Waals surface area contributed by atoms with Crippen LogP contribution in [0, 0.1) is 12.8 Å². The fraction of sp³-hybridized carbons (Fsp3) is 0.412. The average molecular weight is 393 g/mol. The summed E-state index contributed by atoms with van der Waals surface area (Å²) in [6, 6.07) is 7.75. The van der Waals surface area contributed by atoms with E-state index in [-0.39, 0.29) is 18.0 Å². The van der Waals surface area contributed by atoms with Gasteiger partial charge >= 0.3 is 12.0 Å². The molecular weight excluding hydrogens is 372 g/mol. The minimum Gasteiger partial charge on any atom is -0.481 e. The molecule has 3 N–H and O–H groups in total. The van der Waals surface area contributed by atoms with Crippen LogP contribution in [0.15, 0.2) is 34.3 Å². The molecule has 9 heteroatoms. The summed E-state index contributed by atoms with van der Waals surface area (Å²) in [6.07, 6.45) is 2.54. The number of urea groups is 1. The molecule has 1 heterocycles. The second-order valence-electron chi connectivity index (χ2n) is 6.28. The van der Waals surface area contributed by atoms with Gasteiger partial charge < -0.3 is 10.4 Å². The van der Waals surface area contributed by atoms with Crippen molar-refractivity contribution in [2.45, 2.75) is 48.7 Å². The second kappa shape index (κ2) is 8.50. The van der Waals surface area contributed by atoms with Crippen molar-refractivity contribution in [3.8, 4) is 0 Å². The van der Waals surface area contributed by atoms with E-state index in [2.05, 4.69) is 20.0 Å². The maximum absolute atomic E-state index is 12.1. The third-order valence-electron chi connectivity index (χ3n) is 4.27. The third kappa shape index (κ3) is 5.18. The van der Waals surface area contributed by atoms with Gasteiger partial charge in [-0.2, -0.15) is 9.36 Å². The monoisotopic (exact) mass is 392 g/mol. The minimum absolute atomic E-state index is 0.0000692. The van der Waals surface area contributed by atoms with E-state index in [1.165, 1.54) is 17.3 Å². The quantitative estimate of drug-likeness (QED) is 0.716. The van der Waals surface area contributed by atoms with Gasteiger partial charge in [0.2, 0.25) is 10.3 Å².